The van der Waals surface area contributed by atoms with Crippen molar-refractivity contribution in [3.8, 4) is 0 Å². The Morgan fingerprint density at radius 3 is 2.50 bits per heavy atom. The largest absolute Gasteiger partial charge is 0.333 e. The highest BCUT2D eigenvalue weighted by Gasteiger charge is 2.21. The van der Waals surface area contributed by atoms with Gasteiger partial charge in [-0.2, -0.15) is 18.6 Å². The van der Waals surface area contributed by atoms with Gasteiger partial charge in [-0.15, -0.1) is 0 Å². The maximum atomic E-state index is 12.9. The van der Waals surface area contributed by atoms with Crippen LogP contribution in [-0.2, 0) is 0 Å². The first-order valence-electron chi connectivity index (χ1n) is 7.49. The van der Waals surface area contributed by atoms with E-state index in [2.05, 4.69) is 10.4 Å². The van der Waals surface area contributed by atoms with Gasteiger partial charge in [-0.25, -0.2) is 0 Å². The Kier molecular flexibility index (Phi) is 5.09. The Balaban J connectivity index is 1.95. The number of benzene rings is 2. The molecule has 132 valence electrons. The number of alkyl halides is 2. The summed E-state index contributed by atoms with van der Waals surface area (Å²) in [5.41, 5.74) is 0.395. The van der Waals surface area contributed by atoms with Crippen LogP contribution in [0.1, 0.15) is 33.0 Å². The Hall–Kier alpha value is -3.06. The van der Waals surface area contributed by atoms with E-state index in [1.54, 1.807) is 30.3 Å². The maximum Gasteiger partial charge on any atom is 0.333 e. The van der Waals surface area contributed by atoms with Crippen LogP contribution in [0.3, 0.4) is 0 Å². The summed E-state index contributed by atoms with van der Waals surface area (Å²) in [5, 5.41) is 6.19. The lowest BCUT2D eigenvalue weighted by Gasteiger charge is -2.12. The molecule has 0 aliphatic carbocycles. The van der Waals surface area contributed by atoms with Crippen LogP contribution < -0.4 is 5.32 Å². The minimum Gasteiger partial charge on any atom is -0.320 e. The first-order chi connectivity index (χ1) is 12.5. The van der Waals surface area contributed by atoms with E-state index in [1.165, 1.54) is 18.2 Å². The van der Waals surface area contributed by atoms with Gasteiger partial charge in [0.25, 0.3) is 5.91 Å². The molecule has 0 atom stereocenters. The van der Waals surface area contributed by atoms with Crippen molar-refractivity contribution in [1.29, 1.82) is 0 Å². The lowest BCUT2D eigenvalue weighted by Crippen LogP contribution is -2.20. The van der Waals surface area contributed by atoms with Gasteiger partial charge in [-0.05, 0) is 24.3 Å². The molecule has 0 saturated heterocycles. The molecule has 2 aromatic carbocycles. The van der Waals surface area contributed by atoms with E-state index >= 15 is 0 Å². The number of halogens is 3. The zero-order chi connectivity index (χ0) is 18.7. The Morgan fingerprint density at radius 2 is 1.81 bits per heavy atom. The van der Waals surface area contributed by atoms with Crippen molar-refractivity contribution < 1.29 is 18.4 Å². The van der Waals surface area contributed by atoms with E-state index in [0.29, 0.717) is 15.3 Å². The molecule has 5 nitrogen and oxygen atoms in total. The first kappa shape index (κ1) is 17.8. The van der Waals surface area contributed by atoms with Gasteiger partial charge in [0.15, 0.2) is 5.78 Å². The van der Waals surface area contributed by atoms with Gasteiger partial charge in [0.2, 0.25) is 0 Å². The van der Waals surface area contributed by atoms with Gasteiger partial charge in [0.1, 0.15) is 5.69 Å². The molecule has 3 rings (SSSR count). The van der Waals surface area contributed by atoms with Gasteiger partial charge in [-0.1, -0.05) is 41.9 Å². The highest BCUT2D eigenvalue weighted by atomic mass is 35.5. The highest BCUT2D eigenvalue weighted by molar-refractivity contribution is 6.31. The number of nitrogens with one attached hydrogen (secondary N) is 1. The van der Waals surface area contributed by atoms with Crippen LogP contribution in [-0.4, -0.2) is 21.5 Å². The molecule has 0 unspecified atom stereocenters. The third-order valence-corrected chi connectivity index (χ3v) is 3.83. The molecule has 1 aromatic heterocycles. The molecule has 0 bridgehead atoms. The van der Waals surface area contributed by atoms with Gasteiger partial charge in [0, 0.05) is 22.3 Å². The first-order valence-corrected chi connectivity index (χ1v) is 7.87. The van der Waals surface area contributed by atoms with Crippen molar-refractivity contribution in [1.82, 2.24) is 9.78 Å². The van der Waals surface area contributed by atoms with Crippen molar-refractivity contribution in [2.45, 2.75) is 6.55 Å². The summed E-state index contributed by atoms with van der Waals surface area (Å²) in [4.78, 5) is 25.1. The van der Waals surface area contributed by atoms with Crippen LogP contribution in [0, 0.1) is 0 Å². The number of aromatic nitrogens is 2. The van der Waals surface area contributed by atoms with E-state index in [9.17, 15) is 18.4 Å². The molecule has 1 amide bonds. The second-order valence-corrected chi connectivity index (χ2v) is 5.71. The molecule has 26 heavy (non-hydrogen) atoms. The summed E-state index contributed by atoms with van der Waals surface area (Å²) in [6.45, 7) is -2.96. The van der Waals surface area contributed by atoms with E-state index in [4.69, 9.17) is 11.6 Å². The van der Waals surface area contributed by atoms with Crippen LogP contribution >= 0.6 is 11.6 Å². The Bertz CT molecular complexity index is 958. The quantitative estimate of drug-likeness (QED) is 0.671. The number of amides is 1. The van der Waals surface area contributed by atoms with Gasteiger partial charge in [-0.3, -0.25) is 9.59 Å². The van der Waals surface area contributed by atoms with Crippen molar-refractivity contribution in [2.75, 3.05) is 5.32 Å². The number of nitrogens with zero attached hydrogens (tertiary/aromatic N) is 2. The summed E-state index contributed by atoms with van der Waals surface area (Å²) in [7, 11) is 0. The van der Waals surface area contributed by atoms with Gasteiger partial charge >= 0.3 is 6.55 Å². The van der Waals surface area contributed by atoms with E-state index in [0.717, 1.165) is 12.3 Å². The molecular weight excluding hydrogens is 364 g/mol. The summed E-state index contributed by atoms with van der Waals surface area (Å²) < 4.78 is 26.1. The average molecular weight is 376 g/mol. The smallest absolute Gasteiger partial charge is 0.320 e. The molecule has 0 radical (unpaired) electrons. The van der Waals surface area contributed by atoms with Crippen molar-refractivity contribution >= 4 is 29.0 Å². The number of hydrogen-bond acceptors (Lipinski definition) is 3. The van der Waals surface area contributed by atoms with E-state index in [1.807, 2.05) is 0 Å². The normalized spacial score (nSPS) is 10.8. The SMILES string of the molecule is O=C(c1ccccc1)c1cc(Cl)ccc1NC(=O)c1ccnn1C(F)F. The van der Waals surface area contributed by atoms with Gasteiger partial charge < -0.3 is 5.32 Å². The van der Waals surface area contributed by atoms with Crippen molar-refractivity contribution in [2.24, 2.45) is 0 Å². The monoisotopic (exact) mass is 375 g/mol. The van der Waals surface area contributed by atoms with E-state index < -0.39 is 12.5 Å². The molecule has 0 saturated carbocycles. The fourth-order valence-corrected chi connectivity index (χ4v) is 2.57. The Morgan fingerprint density at radius 1 is 1.08 bits per heavy atom. The predicted octanol–water partition coefficient (Wildman–Crippen LogP) is 4.41. The molecule has 0 fully saturated rings. The third-order valence-electron chi connectivity index (χ3n) is 3.60. The molecular formula is C18H12ClF2N3O2. The summed E-state index contributed by atoms with van der Waals surface area (Å²) in [5.74, 6) is -1.17. The zero-order valence-corrected chi connectivity index (χ0v) is 14.0. The number of carbonyl (C=O) groups excluding carboxylic acids is 2. The predicted molar refractivity (Wildman–Crippen MR) is 92.8 cm³/mol. The second-order valence-electron chi connectivity index (χ2n) is 5.28. The van der Waals surface area contributed by atoms with E-state index in [-0.39, 0.29) is 22.7 Å². The van der Waals surface area contributed by atoms with Crippen LogP contribution in [0.5, 0.6) is 0 Å². The number of carbonyl (C=O) groups is 2. The van der Waals surface area contributed by atoms with Crippen molar-refractivity contribution in [3.05, 3.63) is 82.6 Å². The summed E-state index contributed by atoms with van der Waals surface area (Å²) in [6, 6.07) is 13.9. The number of rotatable bonds is 5. The lowest BCUT2D eigenvalue weighted by molar-refractivity contribution is 0.0520. The Labute approximate surface area is 152 Å². The number of anilines is 1. The van der Waals surface area contributed by atoms with Gasteiger partial charge in [0.05, 0.1) is 5.69 Å². The maximum absolute atomic E-state index is 12.9. The van der Waals surface area contributed by atoms with Crippen molar-refractivity contribution in [3.63, 3.8) is 0 Å². The fraction of sp³-hybridized carbons (Fsp3) is 0.0556. The zero-order valence-electron chi connectivity index (χ0n) is 13.2. The van der Waals surface area contributed by atoms with Crippen LogP contribution in [0.25, 0.3) is 0 Å². The molecule has 3 aromatic rings. The molecule has 0 aliphatic rings. The topological polar surface area (TPSA) is 64.0 Å². The third kappa shape index (κ3) is 3.62. The fourth-order valence-electron chi connectivity index (χ4n) is 2.39. The molecule has 0 aliphatic heterocycles. The number of ketones is 1. The molecule has 8 heteroatoms. The van der Waals surface area contributed by atoms with Crippen LogP contribution in [0.2, 0.25) is 5.02 Å². The minimum atomic E-state index is -2.96. The molecule has 1 N–H and O–H groups in total. The average Bonchev–Trinajstić information content (AvgIpc) is 3.13. The molecule has 0 spiro atoms. The molecule has 1 heterocycles. The van der Waals surface area contributed by atoms with Crippen LogP contribution in [0.15, 0.2) is 60.8 Å². The summed E-state index contributed by atoms with van der Waals surface area (Å²) in [6.07, 6.45) is 1.10. The highest BCUT2D eigenvalue weighted by Crippen LogP contribution is 2.24. The summed E-state index contributed by atoms with van der Waals surface area (Å²) >= 11 is 5.97. The standard InChI is InChI=1S/C18H12ClF2N3O2/c19-12-6-7-14(13(10-12)16(25)11-4-2-1-3-5-11)23-17(26)15-8-9-22-24(15)18(20)21/h1-10,18H,(H,23,26). The number of hydrogen-bond donors (Lipinski definition) is 1. The lowest BCUT2D eigenvalue weighted by atomic mass is 10.0. The second kappa shape index (κ2) is 7.45. The minimum absolute atomic E-state index is 0.153. The van der Waals surface area contributed by atoms with Crippen LogP contribution in [0.4, 0.5) is 14.5 Å².